The van der Waals surface area contributed by atoms with Gasteiger partial charge in [-0.1, -0.05) is 23.7 Å². The number of methoxy groups -OCH3 is 1. The Morgan fingerprint density at radius 2 is 1.85 bits per heavy atom. The minimum Gasteiger partial charge on any atom is -0.493 e. The van der Waals surface area contributed by atoms with E-state index < -0.39 is 11.5 Å². The highest BCUT2D eigenvalue weighted by Gasteiger charge is 2.22. The molecule has 0 aliphatic rings. The average molecular weight is 387 g/mol. The minimum atomic E-state index is -3.11. The molecule has 0 aromatic heterocycles. The van der Waals surface area contributed by atoms with Gasteiger partial charge in [-0.3, -0.25) is 15.0 Å². The Kier molecular flexibility index (Phi) is 6.70. The Morgan fingerprint density at radius 3 is 2.38 bits per heavy atom. The Morgan fingerprint density at radius 1 is 1.19 bits per heavy atom. The zero-order chi connectivity index (χ0) is 19.3. The zero-order valence-electron chi connectivity index (χ0n) is 14.1. The molecule has 2 rings (SSSR count). The van der Waals surface area contributed by atoms with Gasteiger partial charge >= 0.3 is 6.61 Å². The summed E-state index contributed by atoms with van der Waals surface area (Å²) in [5.41, 5.74) is 0.985. The number of nitro groups is 1. The van der Waals surface area contributed by atoms with Crippen LogP contribution in [0.25, 0.3) is 0 Å². The van der Waals surface area contributed by atoms with Crippen LogP contribution in [0, 0.1) is 10.1 Å². The minimum absolute atomic E-state index is 0.00536. The van der Waals surface area contributed by atoms with Crippen LogP contribution in [-0.4, -0.2) is 30.6 Å². The van der Waals surface area contributed by atoms with Gasteiger partial charge in [0, 0.05) is 23.7 Å². The number of benzene rings is 2. The Labute approximate surface area is 154 Å². The molecule has 0 saturated heterocycles. The number of hydrogen-bond acceptors (Lipinski definition) is 5. The first-order valence-corrected chi connectivity index (χ1v) is 7.91. The number of rotatable bonds is 8. The van der Waals surface area contributed by atoms with Crippen LogP contribution in [0.3, 0.4) is 0 Å². The van der Waals surface area contributed by atoms with Crippen molar-refractivity contribution in [2.75, 3.05) is 14.2 Å². The molecule has 0 atom stereocenters. The number of hydrogen-bond donors (Lipinski definition) is 0. The summed E-state index contributed by atoms with van der Waals surface area (Å²) in [6.45, 7) is -2.38. The summed E-state index contributed by atoms with van der Waals surface area (Å²) in [5, 5.41) is 11.9. The Hall–Kier alpha value is -2.45. The molecule has 0 radical (unpaired) electrons. The van der Waals surface area contributed by atoms with Crippen molar-refractivity contribution in [3.8, 4) is 11.5 Å². The van der Waals surface area contributed by atoms with Gasteiger partial charge in [-0.15, -0.1) is 0 Å². The van der Waals surface area contributed by atoms with Crippen molar-refractivity contribution in [3.63, 3.8) is 0 Å². The van der Waals surface area contributed by atoms with E-state index in [1.165, 1.54) is 13.2 Å². The third kappa shape index (κ3) is 5.27. The van der Waals surface area contributed by atoms with Gasteiger partial charge in [0.05, 0.1) is 18.1 Å². The van der Waals surface area contributed by atoms with Gasteiger partial charge in [-0.25, -0.2) is 0 Å². The highest BCUT2D eigenvalue weighted by molar-refractivity contribution is 6.30. The largest absolute Gasteiger partial charge is 0.493 e. The molecule has 0 saturated carbocycles. The van der Waals surface area contributed by atoms with Gasteiger partial charge < -0.3 is 9.47 Å². The van der Waals surface area contributed by atoms with E-state index in [0.29, 0.717) is 17.1 Å². The van der Waals surface area contributed by atoms with Crippen LogP contribution >= 0.6 is 11.6 Å². The first kappa shape index (κ1) is 19.9. The molecule has 2 aromatic rings. The third-order valence-electron chi connectivity index (χ3n) is 3.58. The van der Waals surface area contributed by atoms with Crippen molar-refractivity contribution >= 4 is 17.3 Å². The Balaban J connectivity index is 2.25. The second-order valence-corrected chi connectivity index (χ2v) is 6.00. The number of alkyl halides is 2. The quantitative estimate of drug-likeness (QED) is 0.494. The van der Waals surface area contributed by atoms with Crippen LogP contribution in [0.2, 0.25) is 5.02 Å². The van der Waals surface area contributed by atoms with E-state index in [9.17, 15) is 18.9 Å². The molecule has 0 aliphatic heterocycles. The predicted molar refractivity (Wildman–Crippen MR) is 92.9 cm³/mol. The van der Waals surface area contributed by atoms with E-state index in [-0.39, 0.29) is 23.7 Å². The van der Waals surface area contributed by atoms with Crippen LogP contribution in [-0.2, 0) is 13.1 Å². The molecule has 0 spiro atoms. The molecule has 0 unspecified atom stereocenters. The molecule has 2 aromatic carbocycles. The zero-order valence-corrected chi connectivity index (χ0v) is 14.9. The summed E-state index contributed by atoms with van der Waals surface area (Å²) in [6.07, 6.45) is 0. The van der Waals surface area contributed by atoms with Crippen LogP contribution in [0.5, 0.6) is 11.5 Å². The number of halogens is 3. The highest BCUT2D eigenvalue weighted by atomic mass is 35.5. The van der Waals surface area contributed by atoms with Crippen molar-refractivity contribution < 1.29 is 23.2 Å². The molecule has 26 heavy (non-hydrogen) atoms. The summed E-state index contributed by atoms with van der Waals surface area (Å²) in [6, 6.07) is 9.52. The van der Waals surface area contributed by atoms with E-state index >= 15 is 0 Å². The van der Waals surface area contributed by atoms with Crippen molar-refractivity contribution in [2.45, 2.75) is 19.7 Å². The van der Waals surface area contributed by atoms with E-state index in [4.69, 9.17) is 16.3 Å². The fraction of sp³-hybridized carbons (Fsp3) is 0.294. The first-order valence-electron chi connectivity index (χ1n) is 7.53. The lowest BCUT2D eigenvalue weighted by atomic mass is 10.1. The van der Waals surface area contributed by atoms with E-state index in [0.717, 1.165) is 11.6 Å². The molecule has 6 nitrogen and oxygen atoms in total. The van der Waals surface area contributed by atoms with E-state index in [2.05, 4.69) is 4.74 Å². The fourth-order valence-electron chi connectivity index (χ4n) is 2.48. The van der Waals surface area contributed by atoms with Crippen LogP contribution in [0.15, 0.2) is 36.4 Å². The second kappa shape index (κ2) is 8.77. The lowest BCUT2D eigenvalue weighted by Crippen LogP contribution is -2.18. The van der Waals surface area contributed by atoms with E-state index in [1.54, 1.807) is 19.2 Å². The maximum Gasteiger partial charge on any atom is 0.387 e. The Bertz CT molecular complexity index is 772. The lowest BCUT2D eigenvalue weighted by Gasteiger charge is -2.18. The third-order valence-corrected chi connectivity index (χ3v) is 3.84. The molecule has 0 N–H and O–H groups in total. The van der Waals surface area contributed by atoms with Crippen molar-refractivity contribution in [1.82, 2.24) is 4.90 Å². The van der Waals surface area contributed by atoms with Gasteiger partial charge in [0.1, 0.15) is 0 Å². The highest BCUT2D eigenvalue weighted by Crippen LogP contribution is 2.36. The van der Waals surface area contributed by atoms with Gasteiger partial charge in [0.2, 0.25) is 0 Å². The van der Waals surface area contributed by atoms with Crippen molar-refractivity contribution in [3.05, 3.63) is 62.7 Å². The molecule has 9 heteroatoms. The van der Waals surface area contributed by atoms with Crippen LogP contribution < -0.4 is 9.47 Å². The average Bonchev–Trinajstić information content (AvgIpc) is 2.57. The van der Waals surface area contributed by atoms with Crippen LogP contribution in [0.1, 0.15) is 11.1 Å². The summed E-state index contributed by atoms with van der Waals surface area (Å²) < 4.78 is 34.3. The maximum absolute atomic E-state index is 12.5. The number of nitrogens with zero attached hydrogens (tertiary/aromatic N) is 2. The molecular weight excluding hydrogens is 370 g/mol. The molecule has 0 bridgehead atoms. The van der Waals surface area contributed by atoms with Crippen LogP contribution in [0.4, 0.5) is 14.5 Å². The fourth-order valence-corrected chi connectivity index (χ4v) is 2.61. The SMILES string of the molecule is COc1cc(CN(C)Cc2ccc(Cl)cc2)c([N+](=O)[O-])cc1OC(F)F. The van der Waals surface area contributed by atoms with Gasteiger partial charge in [-0.2, -0.15) is 8.78 Å². The topological polar surface area (TPSA) is 64.8 Å². The number of nitro benzene ring substituents is 1. The standard InChI is InChI=1S/C17H17ClF2N2O4/c1-21(9-11-3-5-13(18)6-4-11)10-12-7-15(25-2)16(26-17(19)20)8-14(12)22(23)24/h3-8,17H,9-10H2,1-2H3. The lowest BCUT2D eigenvalue weighted by molar-refractivity contribution is -0.385. The maximum atomic E-state index is 12.5. The normalized spacial score (nSPS) is 11.0. The number of ether oxygens (including phenoxy) is 2. The summed E-state index contributed by atoms with van der Waals surface area (Å²) >= 11 is 5.85. The molecule has 0 aliphatic carbocycles. The van der Waals surface area contributed by atoms with Gasteiger partial charge in [0.25, 0.3) is 5.69 Å². The van der Waals surface area contributed by atoms with Gasteiger partial charge in [-0.05, 0) is 30.8 Å². The molecule has 0 fully saturated rings. The van der Waals surface area contributed by atoms with Gasteiger partial charge in [0.15, 0.2) is 11.5 Å². The summed E-state index contributed by atoms with van der Waals surface area (Å²) in [7, 11) is 3.06. The summed E-state index contributed by atoms with van der Waals surface area (Å²) in [5.74, 6) is -0.371. The summed E-state index contributed by atoms with van der Waals surface area (Å²) in [4.78, 5) is 12.5. The molecular formula is C17H17ClF2N2O4. The van der Waals surface area contributed by atoms with E-state index in [1.807, 2.05) is 17.0 Å². The monoisotopic (exact) mass is 386 g/mol. The molecule has 0 heterocycles. The van der Waals surface area contributed by atoms with Crippen molar-refractivity contribution in [2.24, 2.45) is 0 Å². The first-order chi connectivity index (χ1) is 12.3. The van der Waals surface area contributed by atoms with Crippen molar-refractivity contribution in [1.29, 1.82) is 0 Å². The predicted octanol–water partition coefficient (Wildman–Crippen LogP) is 4.49. The molecule has 0 amide bonds. The smallest absolute Gasteiger partial charge is 0.387 e. The molecule has 140 valence electrons. The second-order valence-electron chi connectivity index (χ2n) is 5.57.